The first-order valence-electron chi connectivity index (χ1n) is 20.4. The number of carbonyl (C=O) groups is 1. The smallest absolute Gasteiger partial charge is 0.335 e. The number of likely N-dealkylation sites (tertiary alicyclic amines) is 1. The van der Waals surface area contributed by atoms with Crippen molar-refractivity contribution in [2.75, 3.05) is 31.5 Å². The number of piperidine rings is 1. The van der Waals surface area contributed by atoms with Gasteiger partial charge >= 0.3 is 5.69 Å². The van der Waals surface area contributed by atoms with Crippen molar-refractivity contribution in [3.63, 3.8) is 0 Å². The number of pyridine rings is 1. The molecule has 3 aromatic carbocycles. The third-order valence-electron chi connectivity index (χ3n) is 11.5. The molecule has 12 nitrogen and oxygen atoms in total. The summed E-state index contributed by atoms with van der Waals surface area (Å²) in [6.07, 6.45) is 2.37. The van der Waals surface area contributed by atoms with Gasteiger partial charge in [0, 0.05) is 58.8 Å². The highest BCUT2D eigenvalue weighted by Crippen LogP contribution is 2.37. The van der Waals surface area contributed by atoms with Gasteiger partial charge < -0.3 is 24.8 Å². The van der Waals surface area contributed by atoms with E-state index in [1.807, 2.05) is 47.9 Å². The first kappa shape index (κ1) is 39.2. The Balaban J connectivity index is 1.06. The Morgan fingerprint density at radius 3 is 2.48 bits per heavy atom. The Morgan fingerprint density at radius 1 is 0.950 bits per heavy atom. The van der Waals surface area contributed by atoms with E-state index in [4.69, 9.17) is 9.97 Å². The van der Waals surface area contributed by atoms with E-state index in [1.165, 1.54) is 12.1 Å². The molecule has 1 unspecified atom stereocenters. The number of para-hydroxylation sites is 1. The maximum atomic E-state index is 14.9. The number of hydrogen-bond acceptors (Lipinski definition) is 8. The summed E-state index contributed by atoms with van der Waals surface area (Å²) in [6, 6.07) is 23.5. The molecule has 1 saturated heterocycles. The summed E-state index contributed by atoms with van der Waals surface area (Å²) in [7, 11) is 0. The average Bonchev–Trinajstić information content (AvgIpc) is 3.70. The topological polar surface area (TPSA) is 126 Å². The Morgan fingerprint density at radius 2 is 1.73 bits per heavy atom. The summed E-state index contributed by atoms with van der Waals surface area (Å²) in [5.74, 6) is -1.30. The van der Waals surface area contributed by atoms with Gasteiger partial charge in [-0.2, -0.15) is 4.98 Å². The van der Waals surface area contributed by atoms with E-state index in [0.29, 0.717) is 62.9 Å². The fourth-order valence-electron chi connectivity index (χ4n) is 9.03. The number of amides is 1. The van der Waals surface area contributed by atoms with Gasteiger partial charge in [-0.15, -0.1) is 0 Å². The Labute approximate surface area is 345 Å². The first-order chi connectivity index (χ1) is 28.8. The zero-order valence-corrected chi connectivity index (χ0v) is 34.1. The Bertz CT molecular complexity index is 2810. The van der Waals surface area contributed by atoms with E-state index < -0.39 is 17.7 Å². The minimum atomic E-state index is -1.03. The molecule has 2 aliphatic rings. The zero-order chi connectivity index (χ0) is 41.9. The average molecular weight is 812 g/mol. The van der Waals surface area contributed by atoms with E-state index in [2.05, 4.69) is 36.0 Å². The number of nitrogens with one attached hydrogen (secondary N) is 1. The van der Waals surface area contributed by atoms with Gasteiger partial charge in [-0.1, -0.05) is 45.0 Å². The van der Waals surface area contributed by atoms with Gasteiger partial charge in [-0.05, 0) is 86.3 Å². The number of hydrogen-bond donors (Lipinski definition) is 2. The number of aryl methyl sites for hydroxylation is 1. The van der Waals surface area contributed by atoms with Gasteiger partial charge in [0.25, 0.3) is 5.91 Å². The molecular weight excluding hydrogens is 765 g/mol. The first-order valence-corrected chi connectivity index (χ1v) is 20.4. The van der Waals surface area contributed by atoms with Crippen LogP contribution in [0, 0.1) is 24.0 Å². The molecule has 0 aliphatic carbocycles. The molecule has 0 radical (unpaired) electrons. The second kappa shape index (κ2) is 15.4. The molecule has 1 amide bonds. The van der Waals surface area contributed by atoms with E-state index in [9.17, 15) is 23.5 Å². The van der Waals surface area contributed by atoms with Crippen molar-refractivity contribution in [2.24, 2.45) is 5.41 Å². The number of fused-ring (bicyclic) bond motifs is 4. The van der Waals surface area contributed by atoms with Crippen LogP contribution in [0.25, 0.3) is 27.9 Å². The van der Waals surface area contributed by atoms with Crippen LogP contribution in [0.2, 0.25) is 0 Å². The molecule has 4 aromatic heterocycles. The standard InChI is InChI=1S/C46H47F2N9O3/c1-28-40-42(52-44(50-28)51-32-10-6-5-7-11-32)57(34-12-9-21-53(24-34)27-46(2,3)4)45(60)56(40)33-18-15-29(16-19-33)43(59)54-25-37-39(38(58)26-54)35-13-8-20-49-41(35)55(37)23-30-14-17-31(47)22-36(30)48/h5-8,10-11,13-20,22,34,38,58H,9,12,21,23-27H2,1-4H3,(H,50,51,52)/t34-,38?/m0/s1. The van der Waals surface area contributed by atoms with E-state index in [-0.39, 0.29) is 48.3 Å². The van der Waals surface area contributed by atoms with Gasteiger partial charge in [0.1, 0.15) is 22.8 Å². The lowest BCUT2D eigenvalue weighted by Gasteiger charge is -2.36. The van der Waals surface area contributed by atoms with E-state index in [1.54, 1.807) is 50.6 Å². The fraction of sp³-hybridized carbons (Fsp3) is 0.326. The number of carbonyl (C=O) groups excluding carboxylic acids is 1. The van der Waals surface area contributed by atoms with Crippen LogP contribution in [0.4, 0.5) is 20.4 Å². The SMILES string of the molecule is Cc1nc(Nc2ccccc2)nc2c1n(-c1ccc(C(=O)N3Cc4c(c5cccnc5n4Cc4ccc(F)cc4F)C(O)C3)cc1)c(=O)n2[C@H]1CCCN(CC(C)(C)C)C1. The van der Waals surface area contributed by atoms with Crippen molar-refractivity contribution < 1.29 is 18.7 Å². The molecule has 14 heteroatoms. The number of halogens is 2. The van der Waals surface area contributed by atoms with E-state index in [0.717, 1.165) is 37.7 Å². The maximum absolute atomic E-state index is 14.9. The minimum absolute atomic E-state index is 0.0307. The largest absolute Gasteiger partial charge is 0.386 e. The minimum Gasteiger partial charge on any atom is -0.386 e. The lowest BCUT2D eigenvalue weighted by molar-refractivity contribution is 0.0544. The third kappa shape index (κ3) is 7.34. The lowest BCUT2D eigenvalue weighted by Crippen LogP contribution is -2.43. The summed E-state index contributed by atoms with van der Waals surface area (Å²) in [4.78, 5) is 47.3. The van der Waals surface area contributed by atoms with Gasteiger partial charge in [-0.3, -0.25) is 13.9 Å². The predicted molar refractivity (Wildman–Crippen MR) is 227 cm³/mol. The summed E-state index contributed by atoms with van der Waals surface area (Å²) < 4.78 is 34.0. The zero-order valence-electron chi connectivity index (χ0n) is 34.1. The molecule has 2 atom stereocenters. The van der Waals surface area contributed by atoms with Gasteiger partial charge in [0.2, 0.25) is 5.95 Å². The maximum Gasteiger partial charge on any atom is 0.335 e. The number of β-amino-alcohol motifs (C(OH)–C–C–N with tert-alkyl or cyclic N) is 1. The van der Waals surface area contributed by atoms with Crippen LogP contribution in [0.5, 0.6) is 0 Å². The molecule has 2 N–H and O–H groups in total. The molecule has 7 aromatic rings. The number of rotatable bonds is 8. The van der Waals surface area contributed by atoms with Crippen molar-refractivity contribution in [2.45, 2.75) is 65.8 Å². The van der Waals surface area contributed by atoms with Crippen molar-refractivity contribution in [1.82, 2.24) is 38.5 Å². The summed E-state index contributed by atoms with van der Waals surface area (Å²) >= 11 is 0. The van der Waals surface area contributed by atoms with Crippen LogP contribution in [0.1, 0.15) is 78.6 Å². The quantitative estimate of drug-likeness (QED) is 0.160. The van der Waals surface area contributed by atoms with Crippen molar-refractivity contribution in [3.8, 4) is 5.69 Å². The number of aromatic nitrogens is 6. The molecule has 0 spiro atoms. The van der Waals surface area contributed by atoms with Gasteiger partial charge in [0.15, 0.2) is 5.65 Å². The number of aliphatic hydroxyl groups is 1. The number of nitrogens with zero attached hydrogens (tertiary/aromatic N) is 8. The molecule has 0 saturated carbocycles. The molecule has 308 valence electrons. The number of aliphatic hydroxyl groups excluding tert-OH is 1. The molecule has 2 aliphatic heterocycles. The highest BCUT2D eigenvalue weighted by molar-refractivity contribution is 5.95. The highest BCUT2D eigenvalue weighted by atomic mass is 19.1. The molecule has 6 heterocycles. The second-order valence-electron chi connectivity index (χ2n) is 17.2. The van der Waals surface area contributed by atoms with Crippen molar-refractivity contribution in [1.29, 1.82) is 0 Å². The van der Waals surface area contributed by atoms with Crippen LogP contribution in [-0.4, -0.2) is 75.6 Å². The highest BCUT2D eigenvalue weighted by Gasteiger charge is 2.34. The number of anilines is 2. The monoisotopic (exact) mass is 811 g/mol. The summed E-state index contributed by atoms with van der Waals surface area (Å²) in [5.41, 5.74) is 5.42. The fourth-order valence-corrected chi connectivity index (χ4v) is 9.03. The van der Waals surface area contributed by atoms with Crippen LogP contribution in [0.15, 0.2) is 95.9 Å². The van der Waals surface area contributed by atoms with Crippen LogP contribution in [0.3, 0.4) is 0 Å². The van der Waals surface area contributed by atoms with Crippen LogP contribution >= 0.6 is 0 Å². The lowest BCUT2D eigenvalue weighted by atomic mass is 9.94. The van der Waals surface area contributed by atoms with Crippen molar-refractivity contribution >= 4 is 39.7 Å². The Kier molecular flexibility index (Phi) is 10.1. The van der Waals surface area contributed by atoms with Crippen molar-refractivity contribution in [3.05, 3.63) is 141 Å². The third-order valence-corrected chi connectivity index (χ3v) is 11.5. The molecule has 60 heavy (non-hydrogen) atoms. The van der Waals surface area contributed by atoms with Crippen LogP contribution < -0.4 is 11.0 Å². The number of benzene rings is 3. The predicted octanol–water partition coefficient (Wildman–Crippen LogP) is 7.68. The summed E-state index contributed by atoms with van der Waals surface area (Å²) in [6.45, 7) is 11.3. The molecule has 1 fully saturated rings. The number of imidazole rings is 1. The second-order valence-corrected chi connectivity index (χ2v) is 17.2. The molecule has 9 rings (SSSR count). The Hall–Kier alpha value is -6.25. The van der Waals surface area contributed by atoms with E-state index >= 15 is 0 Å². The normalized spacial score (nSPS) is 17.4. The van der Waals surface area contributed by atoms with Gasteiger partial charge in [-0.25, -0.2) is 23.5 Å². The van der Waals surface area contributed by atoms with Crippen LogP contribution in [-0.2, 0) is 13.1 Å². The summed E-state index contributed by atoms with van der Waals surface area (Å²) in [5, 5.41) is 15.5. The van der Waals surface area contributed by atoms with Gasteiger partial charge in [0.05, 0.1) is 43.2 Å². The molecular formula is C46H47F2N9O3. The molecule has 0 bridgehead atoms.